The number of nitrogens with zero attached hydrogens (tertiary/aromatic N) is 5. The molecule has 0 radical (unpaired) electrons. The van der Waals surface area contributed by atoms with Gasteiger partial charge in [0.2, 0.25) is 0 Å². The average Bonchev–Trinajstić information content (AvgIpc) is 3.20. The molecule has 1 saturated heterocycles. The smallest absolute Gasteiger partial charge is 0.253 e. The highest BCUT2D eigenvalue weighted by atomic mass is 16.5. The van der Waals surface area contributed by atoms with Gasteiger partial charge >= 0.3 is 0 Å². The first-order valence-electron chi connectivity index (χ1n) is 11.2. The molecule has 5 rings (SSSR count). The number of fused-ring (bicyclic) bond motifs is 1. The molecule has 3 aromatic heterocycles. The van der Waals surface area contributed by atoms with Crippen LogP contribution in [0.3, 0.4) is 0 Å². The maximum atomic E-state index is 12.3. The Morgan fingerprint density at radius 2 is 1.97 bits per heavy atom. The van der Waals surface area contributed by atoms with Gasteiger partial charge in [-0.15, -0.1) is 0 Å². The summed E-state index contributed by atoms with van der Waals surface area (Å²) >= 11 is 0. The van der Waals surface area contributed by atoms with E-state index in [1.807, 2.05) is 25.2 Å². The summed E-state index contributed by atoms with van der Waals surface area (Å²) in [4.78, 5) is 21.5. The van der Waals surface area contributed by atoms with E-state index in [0.717, 1.165) is 54.0 Å². The van der Waals surface area contributed by atoms with E-state index in [2.05, 4.69) is 15.6 Å². The minimum absolute atomic E-state index is 0.0437. The summed E-state index contributed by atoms with van der Waals surface area (Å²) < 4.78 is 15.6. The van der Waals surface area contributed by atoms with Gasteiger partial charge in [-0.05, 0) is 38.0 Å². The number of pyridine rings is 2. The van der Waals surface area contributed by atoms with E-state index in [1.165, 1.54) is 6.20 Å². The number of benzene rings is 1. The summed E-state index contributed by atoms with van der Waals surface area (Å²) in [5, 5.41) is 9.30. The van der Waals surface area contributed by atoms with Crippen LogP contribution in [0.1, 0.15) is 35.7 Å². The normalized spacial score (nSPS) is 14.3. The van der Waals surface area contributed by atoms with Crippen LogP contribution in [0.25, 0.3) is 22.2 Å². The number of hydrogen-bond acceptors (Lipinski definition) is 6. The number of hydrogen-bond donors (Lipinski definition) is 0. The molecule has 34 heavy (non-hydrogen) atoms. The highest BCUT2D eigenvalue weighted by molar-refractivity contribution is 5.91. The Balaban J connectivity index is 1.73. The van der Waals surface area contributed by atoms with E-state index >= 15 is 0 Å². The molecule has 1 fully saturated rings. The fourth-order valence-corrected chi connectivity index (χ4v) is 4.58. The topological polar surface area (TPSA) is 95.0 Å². The van der Waals surface area contributed by atoms with Crippen LogP contribution in [0.4, 0.5) is 0 Å². The third-order valence-corrected chi connectivity index (χ3v) is 6.36. The van der Waals surface area contributed by atoms with Crippen LogP contribution in [-0.4, -0.2) is 32.3 Å². The van der Waals surface area contributed by atoms with E-state index in [9.17, 15) is 10.1 Å². The number of aryl methyl sites for hydroxylation is 3. The lowest BCUT2D eigenvalue weighted by Crippen LogP contribution is -2.18. The van der Waals surface area contributed by atoms with E-state index in [-0.39, 0.29) is 5.56 Å². The standard InChI is InChI=1S/C26H25N5O3/c1-16-10-19(15-30(2)26(16)32)21-4-5-22-23(24(21)34-20-11-17(12-27)13-28-14-20)29-25(31(22)3)18-6-8-33-9-7-18/h4-5,10-11,13-15,18H,6-9H2,1-3H3. The Kier molecular flexibility index (Phi) is 5.64. The summed E-state index contributed by atoms with van der Waals surface area (Å²) in [6.07, 6.45) is 6.73. The summed E-state index contributed by atoms with van der Waals surface area (Å²) in [5.74, 6) is 2.33. The van der Waals surface area contributed by atoms with Crippen molar-refractivity contribution in [3.63, 3.8) is 0 Å². The zero-order valence-corrected chi connectivity index (χ0v) is 19.4. The van der Waals surface area contributed by atoms with Gasteiger partial charge in [-0.25, -0.2) is 4.98 Å². The van der Waals surface area contributed by atoms with Crippen LogP contribution < -0.4 is 10.3 Å². The molecule has 4 aromatic rings. The second kappa shape index (κ2) is 8.76. The van der Waals surface area contributed by atoms with Crippen molar-refractivity contribution < 1.29 is 9.47 Å². The van der Waals surface area contributed by atoms with Crippen molar-refractivity contribution in [2.45, 2.75) is 25.7 Å². The molecule has 1 aliphatic rings. The van der Waals surface area contributed by atoms with Crippen molar-refractivity contribution >= 4 is 11.0 Å². The van der Waals surface area contributed by atoms with Crippen LogP contribution in [0.5, 0.6) is 11.5 Å². The van der Waals surface area contributed by atoms with Crippen LogP contribution in [0, 0.1) is 18.3 Å². The van der Waals surface area contributed by atoms with Gasteiger partial charge in [0, 0.05) is 68.4 Å². The minimum Gasteiger partial charge on any atom is -0.453 e. The maximum absolute atomic E-state index is 12.3. The van der Waals surface area contributed by atoms with Gasteiger partial charge < -0.3 is 18.6 Å². The zero-order chi connectivity index (χ0) is 23.8. The minimum atomic E-state index is -0.0437. The van der Waals surface area contributed by atoms with Crippen LogP contribution >= 0.6 is 0 Å². The Morgan fingerprint density at radius 1 is 1.18 bits per heavy atom. The van der Waals surface area contributed by atoms with Crippen molar-refractivity contribution in [2.75, 3.05) is 13.2 Å². The Morgan fingerprint density at radius 3 is 2.71 bits per heavy atom. The van der Waals surface area contributed by atoms with E-state index < -0.39 is 0 Å². The zero-order valence-electron chi connectivity index (χ0n) is 19.4. The van der Waals surface area contributed by atoms with E-state index in [4.69, 9.17) is 14.5 Å². The molecule has 1 aliphatic heterocycles. The van der Waals surface area contributed by atoms with Crippen LogP contribution in [0.15, 0.2) is 47.7 Å². The van der Waals surface area contributed by atoms with Gasteiger partial charge in [0.15, 0.2) is 5.75 Å². The lowest BCUT2D eigenvalue weighted by Gasteiger charge is -2.21. The van der Waals surface area contributed by atoms with Gasteiger partial charge in [-0.1, -0.05) is 0 Å². The molecule has 0 amide bonds. The first-order valence-corrected chi connectivity index (χ1v) is 11.2. The molecular weight excluding hydrogens is 430 g/mol. The highest BCUT2D eigenvalue weighted by Gasteiger charge is 2.25. The highest BCUT2D eigenvalue weighted by Crippen LogP contribution is 2.41. The Hall–Kier alpha value is -3.96. The first-order chi connectivity index (χ1) is 16.5. The molecule has 8 nitrogen and oxygen atoms in total. The number of aromatic nitrogens is 4. The Bertz CT molecular complexity index is 1460. The van der Waals surface area contributed by atoms with E-state index in [1.54, 1.807) is 37.0 Å². The van der Waals surface area contributed by atoms with Crippen molar-refractivity contribution in [3.8, 4) is 28.7 Å². The maximum Gasteiger partial charge on any atom is 0.253 e. The fourth-order valence-electron chi connectivity index (χ4n) is 4.58. The predicted molar refractivity (Wildman–Crippen MR) is 128 cm³/mol. The lowest BCUT2D eigenvalue weighted by molar-refractivity contribution is 0.0831. The largest absolute Gasteiger partial charge is 0.453 e. The third kappa shape index (κ3) is 3.84. The fraction of sp³-hybridized carbons (Fsp3) is 0.308. The molecule has 0 spiro atoms. The van der Waals surface area contributed by atoms with Gasteiger partial charge in [0.1, 0.15) is 23.2 Å². The third-order valence-electron chi connectivity index (χ3n) is 6.36. The molecule has 0 unspecified atom stereocenters. The molecule has 0 atom stereocenters. The summed E-state index contributed by atoms with van der Waals surface area (Å²) in [6.45, 7) is 3.26. The van der Waals surface area contributed by atoms with Gasteiger partial charge in [0.25, 0.3) is 5.56 Å². The summed E-state index contributed by atoms with van der Waals surface area (Å²) in [5.41, 5.74) is 4.35. The van der Waals surface area contributed by atoms with Crippen LogP contribution in [0.2, 0.25) is 0 Å². The van der Waals surface area contributed by atoms with Crippen molar-refractivity contribution in [3.05, 3.63) is 70.2 Å². The van der Waals surface area contributed by atoms with Gasteiger partial charge in [-0.2, -0.15) is 5.26 Å². The van der Waals surface area contributed by atoms with Gasteiger partial charge in [0.05, 0.1) is 17.3 Å². The molecule has 8 heteroatoms. The number of ether oxygens (including phenoxy) is 2. The molecular formula is C26H25N5O3. The van der Waals surface area contributed by atoms with E-state index in [0.29, 0.717) is 28.5 Å². The van der Waals surface area contributed by atoms with Crippen molar-refractivity contribution in [2.24, 2.45) is 14.1 Å². The molecule has 172 valence electrons. The summed E-state index contributed by atoms with van der Waals surface area (Å²) in [6, 6.07) is 9.66. The number of nitriles is 1. The Labute approximate surface area is 197 Å². The first kappa shape index (κ1) is 21.9. The van der Waals surface area contributed by atoms with Crippen molar-refractivity contribution in [1.29, 1.82) is 5.26 Å². The number of imidazole rings is 1. The second-order valence-electron chi connectivity index (χ2n) is 8.68. The molecule has 4 heterocycles. The number of rotatable bonds is 4. The average molecular weight is 456 g/mol. The second-order valence-corrected chi connectivity index (χ2v) is 8.68. The monoisotopic (exact) mass is 455 g/mol. The predicted octanol–water partition coefficient (Wildman–Crippen LogP) is 4.20. The van der Waals surface area contributed by atoms with Crippen molar-refractivity contribution in [1.82, 2.24) is 19.1 Å². The van der Waals surface area contributed by atoms with Crippen LogP contribution in [-0.2, 0) is 18.8 Å². The lowest BCUT2D eigenvalue weighted by atomic mass is 9.99. The van der Waals surface area contributed by atoms with Gasteiger partial charge in [-0.3, -0.25) is 9.78 Å². The molecule has 0 N–H and O–H groups in total. The SMILES string of the molecule is Cc1cc(-c2ccc3c(nc(C4CCOCC4)n3C)c2Oc2cncc(C#N)c2)cn(C)c1=O. The molecule has 1 aromatic carbocycles. The molecule has 0 aliphatic carbocycles. The quantitative estimate of drug-likeness (QED) is 0.458. The summed E-state index contributed by atoms with van der Waals surface area (Å²) in [7, 11) is 3.76. The molecule has 0 bridgehead atoms. The molecule has 0 saturated carbocycles.